The molecular formula is C18H19NO6. The van der Waals surface area contributed by atoms with Crippen LogP contribution < -0.4 is 10.1 Å². The first-order valence-electron chi connectivity index (χ1n) is 7.65. The van der Waals surface area contributed by atoms with Crippen molar-refractivity contribution in [1.29, 1.82) is 0 Å². The topological polar surface area (TPSA) is 94.1 Å². The molecule has 2 N–H and O–H groups in total. The highest BCUT2D eigenvalue weighted by molar-refractivity contribution is 5.94. The fraction of sp³-hybridized carbons (Fsp3) is 0.222. The molecule has 0 aliphatic carbocycles. The molecule has 1 amide bonds. The number of rotatable bonds is 8. The Bertz CT molecular complexity index is 758. The van der Waals surface area contributed by atoms with Crippen molar-refractivity contribution in [3.8, 4) is 11.5 Å². The molecule has 2 aromatic carbocycles. The predicted molar refractivity (Wildman–Crippen MR) is 91.6 cm³/mol. The maximum atomic E-state index is 11.8. The van der Waals surface area contributed by atoms with Gasteiger partial charge < -0.3 is 24.6 Å². The standard InChI is InChI=1S/C18H19NO6/c1-2-17(21)24-12-11-23-10-9-19-18(22)25-16-8-7-15(20)13-5-3-4-6-14(13)16/h2-8,20H,1,9-12H2,(H,19,22). The number of hydrogen-bond acceptors (Lipinski definition) is 6. The number of fused-ring (bicyclic) bond motifs is 1. The van der Waals surface area contributed by atoms with Crippen LogP contribution in [-0.2, 0) is 14.3 Å². The zero-order chi connectivity index (χ0) is 18.1. The molecule has 0 unspecified atom stereocenters. The summed E-state index contributed by atoms with van der Waals surface area (Å²) in [6.07, 6.45) is 0.447. The molecule has 0 fully saturated rings. The molecule has 25 heavy (non-hydrogen) atoms. The number of nitrogens with one attached hydrogen (secondary N) is 1. The van der Waals surface area contributed by atoms with E-state index in [0.29, 0.717) is 16.5 Å². The smallest absolute Gasteiger partial charge is 0.412 e. The van der Waals surface area contributed by atoms with Crippen LogP contribution >= 0.6 is 0 Å². The Hall–Kier alpha value is -3.06. The molecule has 7 nitrogen and oxygen atoms in total. The second-order valence-corrected chi connectivity index (χ2v) is 4.93. The van der Waals surface area contributed by atoms with Gasteiger partial charge in [0.2, 0.25) is 0 Å². The first-order valence-corrected chi connectivity index (χ1v) is 7.65. The van der Waals surface area contributed by atoms with Crippen molar-refractivity contribution in [2.75, 3.05) is 26.4 Å². The first-order chi connectivity index (χ1) is 12.1. The van der Waals surface area contributed by atoms with Crippen LogP contribution in [0.25, 0.3) is 10.8 Å². The van der Waals surface area contributed by atoms with Gasteiger partial charge in [0, 0.05) is 23.4 Å². The fourth-order valence-corrected chi connectivity index (χ4v) is 2.07. The van der Waals surface area contributed by atoms with E-state index in [9.17, 15) is 14.7 Å². The second-order valence-electron chi connectivity index (χ2n) is 4.93. The summed E-state index contributed by atoms with van der Waals surface area (Å²) >= 11 is 0. The van der Waals surface area contributed by atoms with Crippen LogP contribution in [0.15, 0.2) is 49.1 Å². The molecule has 2 aromatic rings. The molecule has 0 aliphatic rings. The molecular weight excluding hydrogens is 326 g/mol. The second kappa shape index (κ2) is 9.29. The van der Waals surface area contributed by atoms with E-state index < -0.39 is 12.1 Å². The SMILES string of the molecule is C=CC(=O)OCCOCCNC(=O)Oc1ccc(O)c2ccccc12. The molecule has 0 spiro atoms. The maximum Gasteiger partial charge on any atom is 0.412 e. The van der Waals surface area contributed by atoms with E-state index in [1.807, 2.05) is 0 Å². The van der Waals surface area contributed by atoms with Crippen molar-refractivity contribution in [2.24, 2.45) is 0 Å². The zero-order valence-corrected chi connectivity index (χ0v) is 13.6. The van der Waals surface area contributed by atoms with Gasteiger partial charge in [-0.2, -0.15) is 0 Å². The van der Waals surface area contributed by atoms with E-state index in [1.165, 1.54) is 12.1 Å². The number of aromatic hydroxyl groups is 1. The molecule has 0 aromatic heterocycles. The normalized spacial score (nSPS) is 10.2. The van der Waals surface area contributed by atoms with Crippen molar-refractivity contribution >= 4 is 22.8 Å². The largest absolute Gasteiger partial charge is 0.507 e. The van der Waals surface area contributed by atoms with Gasteiger partial charge in [-0.15, -0.1) is 0 Å². The molecule has 0 aliphatic heterocycles. The number of benzene rings is 2. The number of ether oxygens (including phenoxy) is 3. The number of carbonyl (C=O) groups is 2. The summed E-state index contributed by atoms with van der Waals surface area (Å²) in [6, 6.07) is 10.1. The maximum absolute atomic E-state index is 11.8. The minimum absolute atomic E-state index is 0.119. The number of phenolic OH excluding ortho intramolecular Hbond substituents is 1. The summed E-state index contributed by atoms with van der Waals surface area (Å²) in [5.74, 6) is -0.0384. The highest BCUT2D eigenvalue weighted by atomic mass is 16.6. The van der Waals surface area contributed by atoms with Crippen molar-refractivity contribution in [3.05, 3.63) is 49.1 Å². The highest BCUT2D eigenvalue weighted by Crippen LogP contribution is 2.32. The van der Waals surface area contributed by atoms with Crippen LogP contribution in [0.3, 0.4) is 0 Å². The molecule has 0 heterocycles. The summed E-state index contributed by atoms with van der Waals surface area (Å²) in [6.45, 7) is 4.10. The van der Waals surface area contributed by atoms with Crippen LogP contribution in [0.1, 0.15) is 0 Å². The van der Waals surface area contributed by atoms with Gasteiger partial charge in [0.1, 0.15) is 18.1 Å². The average Bonchev–Trinajstić information content (AvgIpc) is 2.63. The monoisotopic (exact) mass is 345 g/mol. The van der Waals surface area contributed by atoms with Gasteiger partial charge in [-0.05, 0) is 12.1 Å². The van der Waals surface area contributed by atoms with Gasteiger partial charge in [0.15, 0.2) is 0 Å². The molecule has 132 valence electrons. The van der Waals surface area contributed by atoms with Crippen molar-refractivity contribution in [1.82, 2.24) is 5.32 Å². The quantitative estimate of drug-likeness (QED) is 0.433. The Morgan fingerprint density at radius 2 is 1.84 bits per heavy atom. The van der Waals surface area contributed by atoms with E-state index in [1.54, 1.807) is 24.3 Å². The minimum atomic E-state index is -0.627. The Labute approximate surface area is 144 Å². The van der Waals surface area contributed by atoms with Gasteiger partial charge in [-0.25, -0.2) is 9.59 Å². The lowest BCUT2D eigenvalue weighted by Gasteiger charge is -2.10. The van der Waals surface area contributed by atoms with Crippen molar-refractivity contribution < 1.29 is 28.9 Å². The molecule has 0 saturated carbocycles. The third-order valence-electron chi connectivity index (χ3n) is 3.22. The van der Waals surface area contributed by atoms with E-state index in [0.717, 1.165) is 6.08 Å². The lowest BCUT2D eigenvalue weighted by atomic mass is 10.1. The van der Waals surface area contributed by atoms with Crippen molar-refractivity contribution in [2.45, 2.75) is 0 Å². The molecule has 0 atom stereocenters. The summed E-state index contributed by atoms with van der Waals surface area (Å²) in [7, 11) is 0. The van der Waals surface area contributed by atoms with Crippen LogP contribution in [0, 0.1) is 0 Å². The van der Waals surface area contributed by atoms with Crippen molar-refractivity contribution in [3.63, 3.8) is 0 Å². The molecule has 7 heteroatoms. The molecule has 2 rings (SSSR count). The summed E-state index contributed by atoms with van der Waals surface area (Å²) in [5, 5.41) is 13.6. The minimum Gasteiger partial charge on any atom is -0.507 e. The van der Waals surface area contributed by atoms with Gasteiger partial charge >= 0.3 is 12.1 Å². The summed E-state index contributed by atoms with van der Waals surface area (Å²) in [4.78, 5) is 22.6. The molecule has 0 bridgehead atoms. The van der Waals surface area contributed by atoms with E-state index in [-0.39, 0.29) is 32.1 Å². The summed E-state index contributed by atoms with van der Waals surface area (Å²) in [5.41, 5.74) is 0. The molecule has 0 radical (unpaired) electrons. The van der Waals surface area contributed by atoms with Gasteiger partial charge in [0.05, 0.1) is 13.2 Å². The fourth-order valence-electron chi connectivity index (χ4n) is 2.07. The van der Waals surface area contributed by atoms with E-state index in [2.05, 4.69) is 11.9 Å². The third kappa shape index (κ3) is 5.50. The number of hydrogen-bond donors (Lipinski definition) is 2. The predicted octanol–water partition coefficient (Wildman–Crippen LogP) is 2.38. The Kier molecular flexibility index (Phi) is 6.79. The Morgan fingerprint density at radius 3 is 2.60 bits per heavy atom. The van der Waals surface area contributed by atoms with Gasteiger partial charge in [-0.3, -0.25) is 0 Å². The van der Waals surface area contributed by atoms with Crippen LogP contribution in [-0.4, -0.2) is 43.5 Å². The van der Waals surface area contributed by atoms with Crippen LogP contribution in [0.2, 0.25) is 0 Å². The first kappa shape index (κ1) is 18.3. The Balaban J connectivity index is 1.73. The van der Waals surface area contributed by atoms with Crippen LogP contribution in [0.4, 0.5) is 4.79 Å². The number of carbonyl (C=O) groups excluding carboxylic acids is 2. The lowest BCUT2D eigenvalue weighted by Crippen LogP contribution is -2.30. The van der Waals surface area contributed by atoms with Crippen LogP contribution in [0.5, 0.6) is 11.5 Å². The third-order valence-corrected chi connectivity index (χ3v) is 3.22. The lowest BCUT2D eigenvalue weighted by molar-refractivity contribution is -0.139. The van der Waals surface area contributed by atoms with E-state index in [4.69, 9.17) is 14.2 Å². The number of esters is 1. The number of phenols is 1. The zero-order valence-electron chi connectivity index (χ0n) is 13.6. The van der Waals surface area contributed by atoms with Gasteiger partial charge in [-0.1, -0.05) is 30.8 Å². The Morgan fingerprint density at radius 1 is 1.08 bits per heavy atom. The van der Waals surface area contributed by atoms with E-state index >= 15 is 0 Å². The summed E-state index contributed by atoms with van der Waals surface area (Å²) < 4.78 is 15.2. The average molecular weight is 345 g/mol. The molecule has 0 saturated heterocycles. The highest BCUT2D eigenvalue weighted by Gasteiger charge is 2.09. The number of amides is 1. The van der Waals surface area contributed by atoms with Gasteiger partial charge in [0.25, 0.3) is 0 Å².